The van der Waals surface area contributed by atoms with Gasteiger partial charge in [-0.25, -0.2) is 0 Å². The highest BCUT2D eigenvalue weighted by atomic mass is 35.5. The number of halogens is 1. The third-order valence-electron chi connectivity index (χ3n) is 2.14. The maximum Gasteiger partial charge on any atom is 0.307 e. The van der Waals surface area contributed by atoms with Crippen LogP contribution in [0, 0.1) is 0 Å². The second-order valence-electron chi connectivity index (χ2n) is 3.16. The molecule has 0 aromatic heterocycles. The van der Waals surface area contributed by atoms with Gasteiger partial charge in [-0.15, -0.1) is 12.4 Å². The molecule has 0 aliphatic rings. The fourth-order valence-electron chi connectivity index (χ4n) is 1.25. The molecule has 2 N–H and O–H groups in total. The van der Waals surface area contributed by atoms with Crippen molar-refractivity contribution in [3.63, 3.8) is 0 Å². The summed E-state index contributed by atoms with van der Waals surface area (Å²) in [6.07, 6.45) is 0.170. The van der Waals surface area contributed by atoms with Crippen LogP contribution < -0.4 is 10.5 Å². The summed E-state index contributed by atoms with van der Waals surface area (Å²) >= 11 is 0. The Balaban J connectivity index is 0.00000225. The van der Waals surface area contributed by atoms with E-state index in [1.807, 2.05) is 24.3 Å². The van der Waals surface area contributed by atoms with E-state index in [0.717, 1.165) is 11.3 Å². The molecule has 16 heavy (non-hydrogen) atoms. The van der Waals surface area contributed by atoms with E-state index in [2.05, 4.69) is 4.74 Å². The first-order valence-electron chi connectivity index (χ1n) is 4.63. The van der Waals surface area contributed by atoms with Gasteiger partial charge in [-0.2, -0.15) is 0 Å². The predicted octanol–water partition coefficient (Wildman–Crippen LogP) is 1.68. The van der Waals surface area contributed by atoms with Gasteiger partial charge in [-0.05, 0) is 17.7 Å². The van der Waals surface area contributed by atoms with E-state index < -0.39 is 0 Å². The lowest BCUT2D eigenvalue weighted by molar-refractivity contribution is -0.141. The predicted molar refractivity (Wildman–Crippen MR) is 63.8 cm³/mol. The Bertz CT molecular complexity index is 344. The second kappa shape index (κ2) is 7.09. The van der Waals surface area contributed by atoms with E-state index in [0.29, 0.717) is 0 Å². The Kier molecular flexibility index (Phi) is 6.53. The molecule has 1 rings (SSSR count). The lowest BCUT2D eigenvalue weighted by Gasteiger charge is -2.11. The summed E-state index contributed by atoms with van der Waals surface area (Å²) in [5.41, 5.74) is 6.70. The molecule has 0 unspecified atom stereocenters. The van der Waals surface area contributed by atoms with E-state index in [-0.39, 0.29) is 30.8 Å². The maximum absolute atomic E-state index is 11.0. The highest BCUT2D eigenvalue weighted by Crippen LogP contribution is 2.19. The van der Waals surface area contributed by atoms with Crippen molar-refractivity contribution in [1.82, 2.24) is 0 Å². The summed E-state index contributed by atoms with van der Waals surface area (Å²) < 4.78 is 9.61. The van der Waals surface area contributed by atoms with Crippen LogP contribution in [0.25, 0.3) is 0 Å². The maximum atomic E-state index is 11.0. The van der Waals surface area contributed by atoms with Crippen molar-refractivity contribution in [1.29, 1.82) is 0 Å². The highest BCUT2D eigenvalue weighted by molar-refractivity contribution is 5.85. The number of ether oxygens (including phenoxy) is 2. The largest absolute Gasteiger partial charge is 0.497 e. The Hall–Kier alpha value is -1.26. The minimum Gasteiger partial charge on any atom is -0.497 e. The van der Waals surface area contributed by atoms with Gasteiger partial charge in [-0.3, -0.25) is 4.79 Å². The van der Waals surface area contributed by atoms with Crippen molar-refractivity contribution in [2.24, 2.45) is 5.73 Å². The van der Waals surface area contributed by atoms with Gasteiger partial charge >= 0.3 is 5.97 Å². The van der Waals surface area contributed by atoms with E-state index in [1.165, 1.54) is 7.11 Å². The Morgan fingerprint density at radius 3 is 2.69 bits per heavy atom. The average molecular weight is 246 g/mol. The number of benzene rings is 1. The smallest absolute Gasteiger partial charge is 0.307 e. The van der Waals surface area contributed by atoms with Gasteiger partial charge in [0.15, 0.2) is 0 Å². The van der Waals surface area contributed by atoms with Crippen molar-refractivity contribution < 1.29 is 14.3 Å². The summed E-state index contributed by atoms with van der Waals surface area (Å²) in [6.45, 7) is 0. The molecule has 1 atom stereocenters. The topological polar surface area (TPSA) is 61.5 Å². The molecule has 5 heteroatoms. The summed E-state index contributed by atoms with van der Waals surface area (Å²) in [7, 11) is 2.94. The van der Waals surface area contributed by atoms with Crippen molar-refractivity contribution in [3.8, 4) is 5.75 Å². The molecule has 0 heterocycles. The monoisotopic (exact) mass is 245 g/mol. The molecule has 1 aromatic carbocycles. The summed E-state index contributed by atoms with van der Waals surface area (Å²) in [4.78, 5) is 11.0. The van der Waals surface area contributed by atoms with Crippen molar-refractivity contribution in [2.45, 2.75) is 12.5 Å². The Morgan fingerprint density at radius 1 is 1.44 bits per heavy atom. The van der Waals surface area contributed by atoms with Gasteiger partial charge in [0.05, 0.1) is 20.6 Å². The highest BCUT2D eigenvalue weighted by Gasteiger charge is 2.12. The number of hydrogen-bond donors (Lipinski definition) is 1. The zero-order valence-electron chi connectivity index (χ0n) is 9.30. The fraction of sp³-hybridized carbons (Fsp3) is 0.364. The first kappa shape index (κ1) is 14.7. The number of nitrogens with two attached hydrogens (primary N) is 1. The molecule has 1 aromatic rings. The second-order valence-corrected chi connectivity index (χ2v) is 3.16. The van der Waals surface area contributed by atoms with Gasteiger partial charge in [0.25, 0.3) is 0 Å². The van der Waals surface area contributed by atoms with Crippen LogP contribution in [-0.2, 0) is 9.53 Å². The Labute approximate surface area is 101 Å². The van der Waals surface area contributed by atoms with Crippen molar-refractivity contribution in [3.05, 3.63) is 29.8 Å². The minimum absolute atomic E-state index is 0. The molecule has 0 fully saturated rings. The first-order valence-corrected chi connectivity index (χ1v) is 4.63. The van der Waals surface area contributed by atoms with Crippen molar-refractivity contribution in [2.75, 3.05) is 14.2 Å². The molecular formula is C11H16ClNO3. The quantitative estimate of drug-likeness (QED) is 0.820. The summed E-state index contributed by atoms with van der Waals surface area (Å²) in [6, 6.07) is 6.98. The molecule has 0 saturated heterocycles. The SMILES string of the molecule is COC(=O)C[C@@H](N)c1cccc(OC)c1.Cl. The standard InChI is InChI=1S/C11H15NO3.ClH/c1-14-9-5-3-4-8(6-9)10(12)7-11(13)15-2;/h3-6,10H,7,12H2,1-2H3;1H/t10-;/m1./s1. The molecule has 4 nitrogen and oxygen atoms in total. The Morgan fingerprint density at radius 2 is 2.12 bits per heavy atom. The van der Waals surface area contributed by atoms with Gasteiger partial charge in [0.2, 0.25) is 0 Å². The van der Waals surface area contributed by atoms with Crippen LogP contribution in [-0.4, -0.2) is 20.2 Å². The lowest BCUT2D eigenvalue weighted by Crippen LogP contribution is -2.16. The lowest BCUT2D eigenvalue weighted by atomic mass is 10.0. The third kappa shape index (κ3) is 4.08. The van der Waals surface area contributed by atoms with Crippen LogP contribution in [0.2, 0.25) is 0 Å². The van der Waals surface area contributed by atoms with E-state index >= 15 is 0 Å². The zero-order chi connectivity index (χ0) is 11.3. The number of carbonyl (C=O) groups is 1. The minimum atomic E-state index is -0.354. The molecule has 0 bridgehead atoms. The van der Waals surface area contributed by atoms with E-state index in [9.17, 15) is 4.79 Å². The number of methoxy groups -OCH3 is 2. The van der Waals surface area contributed by atoms with Crippen LogP contribution in [0.4, 0.5) is 0 Å². The molecule has 0 amide bonds. The molecule has 90 valence electrons. The molecular weight excluding hydrogens is 230 g/mol. The van der Waals surface area contributed by atoms with Gasteiger partial charge in [0, 0.05) is 6.04 Å². The van der Waals surface area contributed by atoms with Crippen LogP contribution >= 0.6 is 12.4 Å². The van der Waals surface area contributed by atoms with Crippen molar-refractivity contribution >= 4 is 18.4 Å². The zero-order valence-corrected chi connectivity index (χ0v) is 10.1. The first-order chi connectivity index (χ1) is 7.17. The molecule has 0 spiro atoms. The summed E-state index contributed by atoms with van der Waals surface area (Å²) in [5, 5.41) is 0. The van der Waals surface area contributed by atoms with Gasteiger partial charge in [-0.1, -0.05) is 12.1 Å². The van der Waals surface area contributed by atoms with E-state index in [1.54, 1.807) is 7.11 Å². The van der Waals surface area contributed by atoms with E-state index in [4.69, 9.17) is 10.5 Å². The van der Waals surface area contributed by atoms with Crippen LogP contribution in [0.1, 0.15) is 18.0 Å². The average Bonchev–Trinajstić information content (AvgIpc) is 2.28. The van der Waals surface area contributed by atoms with Gasteiger partial charge < -0.3 is 15.2 Å². The molecule has 0 saturated carbocycles. The molecule has 0 aliphatic carbocycles. The number of hydrogen-bond acceptors (Lipinski definition) is 4. The fourth-order valence-corrected chi connectivity index (χ4v) is 1.25. The normalized spacial score (nSPS) is 11.2. The molecule has 0 aliphatic heterocycles. The number of carbonyl (C=O) groups excluding carboxylic acids is 1. The number of rotatable bonds is 4. The van der Waals surface area contributed by atoms with Gasteiger partial charge in [0.1, 0.15) is 5.75 Å². The summed E-state index contributed by atoms with van der Waals surface area (Å²) in [5.74, 6) is 0.415. The third-order valence-corrected chi connectivity index (χ3v) is 2.14. The van der Waals surface area contributed by atoms with Crippen LogP contribution in [0.3, 0.4) is 0 Å². The number of esters is 1. The van der Waals surface area contributed by atoms with Crippen LogP contribution in [0.5, 0.6) is 5.75 Å². The van der Waals surface area contributed by atoms with Crippen LogP contribution in [0.15, 0.2) is 24.3 Å². The molecule has 0 radical (unpaired) electrons.